The first-order valence-electron chi connectivity index (χ1n) is 15.1. The third-order valence-electron chi connectivity index (χ3n) is 12.2. The largest absolute Gasteiger partial charge is 0.300 e. The molecule has 7 heteroatoms. The van der Waals surface area contributed by atoms with Crippen molar-refractivity contribution in [1.29, 1.82) is 5.26 Å². The lowest BCUT2D eigenvalue weighted by atomic mass is 9.39. The number of carbonyl (C=O) groups is 2. The second-order valence-electron chi connectivity index (χ2n) is 16.2. The number of nitrogens with one attached hydrogen (secondary N) is 1. The van der Waals surface area contributed by atoms with Crippen LogP contribution in [0.5, 0.6) is 0 Å². The molecule has 3 aliphatic rings. The summed E-state index contributed by atoms with van der Waals surface area (Å²) in [5, 5.41) is 9.91. The van der Waals surface area contributed by atoms with Gasteiger partial charge < -0.3 is 4.79 Å². The molecule has 226 valence electrons. The zero-order chi connectivity index (χ0) is 30.7. The highest BCUT2D eigenvalue weighted by molar-refractivity contribution is 7.88. The Kier molecular flexibility index (Phi) is 8.52. The topological polar surface area (TPSA) is 104 Å². The first-order valence-corrected chi connectivity index (χ1v) is 17.0. The number of Topliss-reactive ketones (excluding diaryl/α,β-unsaturated/α-hetero) is 2. The Balaban J connectivity index is 2.06. The molecular weight excluding hydrogens is 520 g/mol. The summed E-state index contributed by atoms with van der Waals surface area (Å²) in [6, 6.07) is 2.18. The third-order valence-corrected chi connectivity index (χ3v) is 12.9. The van der Waals surface area contributed by atoms with Crippen LogP contribution in [0.1, 0.15) is 121 Å². The van der Waals surface area contributed by atoms with Gasteiger partial charge in [0, 0.05) is 17.4 Å². The molecule has 0 saturated heterocycles. The number of rotatable bonds is 8. The molecule has 1 N–H and O–H groups in total. The maximum Gasteiger partial charge on any atom is 0.209 e. The van der Waals surface area contributed by atoms with Gasteiger partial charge in [-0.05, 0) is 91.3 Å². The summed E-state index contributed by atoms with van der Waals surface area (Å²) < 4.78 is 28.3. The molecule has 0 aromatic carbocycles. The van der Waals surface area contributed by atoms with Crippen molar-refractivity contribution in [2.24, 2.45) is 44.8 Å². The highest BCUT2D eigenvalue weighted by Gasteiger charge is 2.63. The lowest BCUT2D eigenvalue weighted by molar-refractivity contribution is -0.156. The van der Waals surface area contributed by atoms with Crippen LogP contribution in [0, 0.1) is 56.2 Å². The Morgan fingerprint density at radius 1 is 1.12 bits per heavy atom. The van der Waals surface area contributed by atoms with Crippen molar-refractivity contribution in [2.45, 2.75) is 126 Å². The van der Waals surface area contributed by atoms with Crippen molar-refractivity contribution in [1.82, 2.24) is 4.72 Å². The monoisotopic (exact) mass is 574 g/mol. The van der Waals surface area contributed by atoms with Crippen LogP contribution in [-0.4, -0.2) is 31.8 Å². The molecule has 0 aliphatic heterocycles. The molecule has 3 aliphatic carbocycles. The molecule has 0 radical (unpaired) electrons. The molecule has 0 aromatic heterocycles. The maximum absolute atomic E-state index is 13.3. The fourth-order valence-electron chi connectivity index (χ4n) is 9.40. The molecule has 0 amide bonds. The number of hydrogen-bond acceptors (Lipinski definition) is 5. The van der Waals surface area contributed by atoms with E-state index in [4.69, 9.17) is 0 Å². The van der Waals surface area contributed by atoms with E-state index in [1.54, 1.807) is 6.92 Å². The van der Waals surface area contributed by atoms with E-state index in [1.165, 1.54) is 6.26 Å². The van der Waals surface area contributed by atoms with E-state index in [0.717, 1.165) is 44.9 Å². The Labute approximate surface area is 244 Å². The summed E-state index contributed by atoms with van der Waals surface area (Å²) in [7, 11) is -3.40. The molecule has 0 spiro atoms. The Bertz CT molecular complexity index is 1220. The van der Waals surface area contributed by atoms with Crippen LogP contribution in [-0.2, 0) is 19.6 Å². The standard InChI is InChI=1S/C33H54N2O4S/c1-22-19-28(3,4)14-16-33(22,35-40(11,38)39)17-15-29(5,6)32(10)13-12-25-30(7,8)27(37)24(21-34)20-31(25,9)26(32)18-23(2)36/h20,22,25-26,35H,12-19H2,1-11H3/t22?,25-,26?,31-,32+,33-/m0/s1. The highest BCUT2D eigenvalue weighted by atomic mass is 32.2. The molecule has 2 unspecified atom stereocenters. The molecule has 6 nitrogen and oxygen atoms in total. The summed E-state index contributed by atoms with van der Waals surface area (Å²) in [6.07, 6.45) is 9.56. The highest BCUT2D eigenvalue weighted by Crippen LogP contribution is 2.68. The Hall–Kier alpha value is -1.52. The molecule has 2 saturated carbocycles. The predicted molar refractivity (Wildman–Crippen MR) is 161 cm³/mol. The number of allylic oxidation sites excluding steroid dienone is 2. The van der Waals surface area contributed by atoms with Gasteiger partial charge in [-0.15, -0.1) is 0 Å². The molecule has 0 bridgehead atoms. The molecule has 6 atom stereocenters. The average Bonchev–Trinajstić information content (AvgIpc) is 2.79. The van der Waals surface area contributed by atoms with Gasteiger partial charge in [-0.1, -0.05) is 68.4 Å². The number of carbonyl (C=O) groups excluding carboxylic acids is 2. The fourth-order valence-corrected chi connectivity index (χ4v) is 10.5. The number of ketones is 2. The van der Waals surface area contributed by atoms with Crippen LogP contribution in [0.15, 0.2) is 11.6 Å². The summed E-state index contributed by atoms with van der Waals surface area (Å²) in [4.78, 5) is 26.1. The SMILES string of the molecule is CC(=O)CC1[C@@]2(C)C=C(C#N)C(=O)C(C)(C)[C@@H]2CC[C@@]1(C)C(C)(C)CC[C@@]1(NS(C)(=O)=O)CCC(C)(C)CC1C. The van der Waals surface area contributed by atoms with Crippen LogP contribution in [0.25, 0.3) is 0 Å². The molecule has 40 heavy (non-hydrogen) atoms. The fraction of sp³-hybridized carbons (Fsp3) is 0.848. The molecule has 0 aromatic rings. The van der Waals surface area contributed by atoms with Gasteiger partial charge in [0.1, 0.15) is 11.9 Å². The molecule has 3 rings (SSSR count). The van der Waals surface area contributed by atoms with Crippen molar-refractivity contribution in [3.05, 3.63) is 11.6 Å². The zero-order valence-corrected chi connectivity index (χ0v) is 27.8. The van der Waals surface area contributed by atoms with Gasteiger partial charge in [0.2, 0.25) is 10.0 Å². The van der Waals surface area contributed by atoms with E-state index in [2.05, 4.69) is 59.3 Å². The number of hydrogen-bond donors (Lipinski definition) is 1. The van der Waals surface area contributed by atoms with Crippen molar-refractivity contribution in [2.75, 3.05) is 6.26 Å². The second kappa shape index (κ2) is 10.3. The zero-order valence-electron chi connectivity index (χ0n) is 27.0. The number of nitrogens with zero attached hydrogens (tertiary/aromatic N) is 1. The van der Waals surface area contributed by atoms with Gasteiger partial charge >= 0.3 is 0 Å². The lowest BCUT2D eigenvalue weighted by Gasteiger charge is -2.64. The molecular formula is C33H54N2O4S. The van der Waals surface area contributed by atoms with Crippen LogP contribution < -0.4 is 4.72 Å². The Morgan fingerprint density at radius 2 is 1.73 bits per heavy atom. The summed E-state index contributed by atoms with van der Waals surface area (Å²) in [6.45, 7) is 21.3. The minimum absolute atomic E-state index is 0.0386. The summed E-state index contributed by atoms with van der Waals surface area (Å²) >= 11 is 0. The smallest absolute Gasteiger partial charge is 0.209 e. The van der Waals surface area contributed by atoms with Crippen molar-refractivity contribution in [3.63, 3.8) is 0 Å². The summed E-state index contributed by atoms with van der Waals surface area (Å²) in [5.41, 5.74) is -1.76. The first-order chi connectivity index (χ1) is 18.0. The van der Waals surface area contributed by atoms with Crippen LogP contribution in [0.4, 0.5) is 0 Å². The van der Waals surface area contributed by atoms with Gasteiger partial charge in [-0.25, -0.2) is 13.1 Å². The first kappa shape index (κ1) is 33.0. The maximum atomic E-state index is 13.3. The van der Waals surface area contributed by atoms with E-state index >= 15 is 0 Å². The minimum atomic E-state index is -3.40. The molecule has 0 heterocycles. The molecule has 2 fully saturated rings. The number of nitriles is 1. The minimum Gasteiger partial charge on any atom is -0.300 e. The van der Waals surface area contributed by atoms with Crippen LogP contribution in [0.2, 0.25) is 0 Å². The third kappa shape index (κ3) is 5.74. The normalized spacial score (nSPS) is 37.7. The van der Waals surface area contributed by atoms with Crippen molar-refractivity contribution < 1.29 is 18.0 Å². The van der Waals surface area contributed by atoms with Gasteiger partial charge in [-0.3, -0.25) is 4.79 Å². The van der Waals surface area contributed by atoms with Gasteiger partial charge in [0.15, 0.2) is 5.78 Å². The van der Waals surface area contributed by atoms with Gasteiger partial charge in [-0.2, -0.15) is 5.26 Å². The summed E-state index contributed by atoms with van der Waals surface area (Å²) in [5.74, 6) is 0.209. The number of sulfonamides is 1. The average molecular weight is 575 g/mol. The van der Waals surface area contributed by atoms with E-state index in [-0.39, 0.29) is 51.1 Å². The van der Waals surface area contributed by atoms with E-state index in [0.29, 0.717) is 6.42 Å². The van der Waals surface area contributed by atoms with Crippen LogP contribution >= 0.6 is 0 Å². The van der Waals surface area contributed by atoms with E-state index in [9.17, 15) is 23.3 Å². The second-order valence-corrected chi connectivity index (χ2v) is 18.0. The predicted octanol–water partition coefficient (Wildman–Crippen LogP) is 7.00. The van der Waals surface area contributed by atoms with Crippen molar-refractivity contribution >= 4 is 21.6 Å². The van der Waals surface area contributed by atoms with Gasteiger partial charge in [0.25, 0.3) is 0 Å². The number of fused-ring (bicyclic) bond motifs is 1. The Morgan fingerprint density at radius 3 is 2.23 bits per heavy atom. The van der Waals surface area contributed by atoms with Crippen LogP contribution in [0.3, 0.4) is 0 Å². The van der Waals surface area contributed by atoms with Crippen molar-refractivity contribution in [3.8, 4) is 6.07 Å². The lowest BCUT2D eigenvalue weighted by Crippen LogP contribution is -2.60. The quantitative estimate of drug-likeness (QED) is 0.336. The van der Waals surface area contributed by atoms with E-state index < -0.39 is 26.4 Å². The van der Waals surface area contributed by atoms with E-state index in [1.807, 2.05) is 19.9 Å². The van der Waals surface area contributed by atoms with Gasteiger partial charge in [0.05, 0.1) is 11.8 Å².